The smallest absolute Gasteiger partial charge is 0.296 e. The molecule has 1 atom stereocenters. The molecule has 36 heavy (non-hydrogen) atoms. The Morgan fingerprint density at radius 3 is 2.81 bits per heavy atom. The minimum Gasteiger partial charge on any atom is -0.503 e. The van der Waals surface area contributed by atoms with Crippen molar-refractivity contribution < 1.29 is 23.8 Å². The molecule has 4 heterocycles. The van der Waals surface area contributed by atoms with Crippen LogP contribution in [0.25, 0.3) is 21.2 Å². The fourth-order valence-corrected chi connectivity index (χ4v) is 6.39. The second-order valence-electron chi connectivity index (χ2n) is 8.26. The van der Waals surface area contributed by atoms with Crippen LogP contribution in [-0.4, -0.2) is 28.9 Å². The number of aryl methyl sites for hydroxylation is 1. The number of carbonyl (C=O) groups is 2. The summed E-state index contributed by atoms with van der Waals surface area (Å²) >= 11 is 8.74. The molecule has 1 unspecified atom stereocenters. The molecule has 0 bridgehead atoms. The zero-order chi connectivity index (χ0) is 25.1. The van der Waals surface area contributed by atoms with Crippen LogP contribution < -0.4 is 9.64 Å². The van der Waals surface area contributed by atoms with Crippen LogP contribution >= 0.6 is 34.3 Å². The van der Waals surface area contributed by atoms with Crippen LogP contribution in [-0.2, 0) is 4.79 Å². The summed E-state index contributed by atoms with van der Waals surface area (Å²) in [5, 5.41) is 14.4. The Morgan fingerprint density at radius 2 is 2.06 bits per heavy atom. The van der Waals surface area contributed by atoms with Gasteiger partial charge < -0.3 is 14.3 Å². The average Bonchev–Trinajstić information content (AvgIpc) is 3.64. The molecule has 0 aliphatic carbocycles. The van der Waals surface area contributed by atoms with Gasteiger partial charge in [-0.25, -0.2) is 4.98 Å². The van der Waals surface area contributed by atoms with Crippen molar-refractivity contribution in [3.05, 3.63) is 86.5 Å². The number of aromatic nitrogens is 1. The summed E-state index contributed by atoms with van der Waals surface area (Å²) in [4.78, 5) is 33.9. The molecule has 0 spiro atoms. The van der Waals surface area contributed by atoms with Crippen LogP contribution in [0.15, 0.2) is 69.7 Å². The van der Waals surface area contributed by atoms with E-state index in [0.29, 0.717) is 37.3 Å². The van der Waals surface area contributed by atoms with Crippen molar-refractivity contribution in [1.29, 1.82) is 0 Å². The summed E-state index contributed by atoms with van der Waals surface area (Å²) in [6.45, 7) is 1.91. The zero-order valence-electron chi connectivity index (χ0n) is 18.9. The van der Waals surface area contributed by atoms with Gasteiger partial charge in [-0.3, -0.25) is 14.5 Å². The van der Waals surface area contributed by atoms with E-state index >= 15 is 0 Å². The van der Waals surface area contributed by atoms with E-state index in [4.69, 9.17) is 20.8 Å². The third kappa shape index (κ3) is 3.50. The SMILES string of the molecule is COc1cc2sc(N3C(=O)C(O)=C(C(=O)c4cc5cc(Cl)ccc5o4)C3c3cccs3)nc2cc1C. The van der Waals surface area contributed by atoms with Gasteiger partial charge in [0.05, 0.1) is 22.9 Å². The van der Waals surface area contributed by atoms with E-state index in [1.807, 2.05) is 36.6 Å². The Kier molecular flexibility index (Phi) is 5.36. The number of ether oxygens (including phenoxy) is 1. The lowest BCUT2D eigenvalue weighted by Crippen LogP contribution is -2.30. The van der Waals surface area contributed by atoms with E-state index in [2.05, 4.69) is 4.98 Å². The van der Waals surface area contributed by atoms with Gasteiger partial charge in [0, 0.05) is 15.3 Å². The first-order chi connectivity index (χ1) is 17.4. The van der Waals surface area contributed by atoms with Crippen LogP contribution in [0.1, 0.15) is 27.0 Å². The van der Waals surface area contributed by atoms with Gasteiger partial charge in [0.15, 0.2) is 16.7 Å². The van der Waals surface area contributed by atoms with Gasteiger partial charge in [-0.1, -0.05) is 29.0 Å². The Hall–Kier alpha value is -3.66. The second kappa shape index (κ2) is 8.48. The number of anilines is 1. The molecular weight excluding hydrogens is 520 g/mol. The Bertz CT molecular complexity index is 1720. The predicted octanol–water partition coefficient (Wildman–Crippen LogP) is 6.86. The lowest BCUT2D eigenvalue weighted by Gasteiger charge is -2.22. The van der Waals surface area contributed by atoms with E-state index in [9.17, 15) is 14.7 Å². The number of aliphatic hydroxyl groups excluding tert-OH is 1. The summed E-state index contributed by atoms with van der Waals surface area (Å²) < 4.78 is 12.0. The highest BCUT2D eigenvalue weighted by atomic mass is 35.5. The number of thiazole rings is 1. The number of hydrogen-bond acceptors (Lipinski definition) is 8. The van der Waals surface area contributed by atoms with Crippen LogP contribution in [0.3, 0.4) is 0 Å². The van der Waals surface area contributed by atoms with Crippen molar-refractivity contribution in [2.24, 2.45) is 0 Å². The topological polar surface area (TPSA) is 92.9 Å². The monoisotopic (exact) mass is 536 g/mol. The summed E-state index contributed by atoms with van der Waals surface area (Å²) in [6.07, 6.45) is 0. The molecule has 5 aromatic rings. The zero-order valence-corrected chi connectivity index (χ0v) is 21.3. The van der Waals surface area contributed by atoms with Crippen LogP contribution in [0.4, 0.5) is 5.13 Å². The molecule has 1 amide bonds. The van der Waals surface area contributed by atoms with E-state index in [0.717, 1.165) is 10.3 Å². The number of thiophene rings is 1. The summed E-state index contributed by atoms with van der Waals surface area (Å²) in [5.41, 5.74) is 2.03. The molecule has 0 radical (unpaired) electrons. The van der Waals surface area contributed by atoms with Gasteiger partial charge in [-0.15, -0.1) is 11.3 Å². The summed E-state index contributed by atoms with van der Waals surface area (Å²) in [7, 11) is 1.60. The number of methoxy groups -OCH3 is 1. The maximum Gasteiger partial charge on any atom is 0.296 e. The highest BCUT2D eigenvalue weighted by molar-refractivity contribution is 7.22. The van der Waals surface area contributed by atoms with Crippen molar-refractivity contribution >= 4 is 72.3 Å². The molecule has 6 rings (SSSR count). The highest BCUT2D eigenvalue weighted by Gasteiger charge is 2.47. The van der Waals surface area contributed by atoms with Crippen molar-refractivity contribution in [1.82, 2.24) is 4.98 Å². The number of nitrogens with zero attached hydrogens (tertiary/aromatic N) is 2. The molecule has 0 saturated carbocycles. The average molecular weight is 537 g/mol. The molecule has 180 valence electrons. The van der Waals surface area contributed by atoms with E-state index in [1.165, 1.54) is 27.6 Å². The Morgan fingerprint density at radius 1 is 1.22 bits per heavy atom. The molecule has 0 fully saturated rings. The number of hydrogen-bond donors (Lipinski definition) is 1. The fraction of sp³-hybridized carbons (Fsp3) is 0.115. The number of Topliss-reactive ketones (excluding diaryl/α,β-unsaturated/α-hetero) is 1. The van der Waals surface area contributed by atoms with Crippen LogP contribution in [0.5, 0.6) is 5.75 Å². The van der Waals surface area contributed by atoms with Crippen molar-refractivity contribution in [3.63, 3.8) is 0 Å². The number of amides is 1. The lowest BCUT2D eigenvalue weighted by molar-refractivity contribution is -0.117. The van der Waals surface area contributed by atoms with Crippen LogP contribution in [0.2, 0.25) is 5.02 Å². The first-order valence-electron chi connectivity index (χ1n) is 10.8. The normalized spacial score (nSPS) is 16.0. The molecule has 7 nitrogen and oxygen atoms in total. The molecule has 1 aliphatic heterocycles. The molecule has 0 saturated heterocycles. The Labute approximate surface area is 217 Å². The van der Waals surface area contributed by atoms with Gasteiger partial charge in [-0.2, -0.15) is 0 Å². The van der Waals surface area contributed by atoms with Gasteiger partial charge >= 0.3 is 0 Å². The second-order valence-corrected chi connectivity index (χ2v) is 10.7. The number of halogens is 1. The Balaban J connectivity index is 1.48. The minimum absolute atomic E-state index is 0.00897. The van der Waals surface area contributed by atoms with Crippen molar-refractivity contribution in [2.45, 2.75) is 13.0 Å². The molecule has 1 N–H and O–H groups in total. The highest BCUT2D eigenvalue weighted by Crippen LogP contribution is 2.46. The number of ketones is 1. The molecule has 1 aliphatic rings. The third-order valence-electron chi connectivity index (χ3n) is 6.07. The number of rotatable bonds is 5. The number of aliphatic hydroxyl groups is 1. The van der Waals surface area contributed by atoms with Crippen LogP contribution in [0, 0.1) is 6.92 Å². The number of carbonyl (C=O) groups excluding carboxylic acids is 2. The molecule has 10 heteroatoms. The van der Waals surface area contributed by atoms with E-state index in [-0.39, 0.29) is 11.3 Å². The minimum atomic E-state index is -0.856. The van der Waals surface area contributed by atoms with Gasteiger partial charge in [0.25, 0.3) is 5.91 Å². The quantitative estimate of drug-likeness (QED) is 0.247. The summed E-state index contributed by atoms with van der Waals surface area (Å²) in [5.74, 6) is -1.17. The number of furan rings is 1. The van der Waals surface area contributed by atoms with Gasteiger partial charge in [0.1, 0.15) is 17.4 Å². The maximum atomic E-state index is 13.7. The number of fused-ring (bicyclic) bond motifs is 2. The number of benzene rings is 2. The largest absolute Gasteiger partial charge is 0.503 e. The molecule has 2 aromatic carbocycles. The molecule has 3 aromatic heterocycles. The van der Waals surface area contributed by atoms with E-state index < -0.39 is 23.5 Å². The first kappa shape index (κ1) is 22.8. The van der Waals surface area contributed by atoms with Gasteiger partial charge in [-0.05, 0) is 60.3 Å². The lowest BCUT2D eigenvalue weighted by atomic mass is 10.0. The van der Waals surface area contributed by atoms with Crippen molar-refractivity contribution in [3.8, 4) is 5.75 Å². The predicted molar refractivity (Wildman–Crippen MR) is 141 cm³/mol. The molecular formula is C26H17ClN2O5S2. The van der Waals surface area contributed by atoms with Gasteiger partial charge in [0.2, 0.25) is 5.78 Å². The standard InChI is InChI=1S/C26H17ClN2O5S2/c1-12-8-15-20(11-17(12)33-2)36-26(28-15)29-22(19-4-3-7-35-19)21(24(31)25(29)32)23(30)18-10-13-9-14(27)5-6-16(13)34-18/h3-11,22,31H,1-2H3. The van der Waals surface area contributed by atoms with E-state index in [1.54, 1.807) is 31.4 Å². The maximum absolute atomic E-state index is 13.7. The third-order valence-corrected chi connectivity index (χ3v) is 8.24. The summed E-state index contributed by atoms with van der Waals surface area (Å²) in [6, 6.07) is 13.1. The first-order valence-corrected chi connectivity index (χ1v) is 12.9. The fourth-order valence-electron chi connectivity index (χ4n) is 4.38. The van der Waals surface area contributed by atoms with Crippen molar-refractivity contribution in [2.75, 3.05) is 12.0 Å².